The summed E-state index contributed by atoms with van der Waals surface area (Å²) in [5.41, 5.74) is 0.738. The lowest BCUT2D eigenvalue weighted by atomic mass is 9.89. The largest absolute Gasteiger partial charge is 0.307 e. The number of hydrogen-bond donors (Lipinski definition) is 0. The number of rotatable bonds is 6. The molecule has 10 heteroatoms. The van der Waals surface area contributed by atoms with Gasteiger partial charge in [0.15, 0.2) is 0 Å². The van der Waals surface area contributed by atoms with Gasteiger partial charge in [-0.15, -0.1) is 0 Å². The summed E-state index contributed by atoms with van der Waals surface area (Å²) < 4.78 is 0. The Hall–Kier alpha value is -4.60. The van der Waals surface area contributed by atoms with Crippen molar-refractivity contribution in [2.75, 3.05) is 9.80 Å². The van der Waals surface area contributed by atoms with Crippen LogP contribution in [0, 0.1) is 20.2 Å². The van der Waals surface area contributed by atoms with E-state index in [0.29, 0.717) is 17.8 Å². The number of para-hydroxylation sites is 2. The molecule has 0 spiro atoms. The summed E-state index contributed by atoms with van der Waals surface area (Å²) in [7, 11) is 0. The Kier molecular flexibility index (Phi) is 6.05. The second kappa shape index (κ2) is 9.10. The zero-order valence-electron chi connectivity index (χ0n) is 18.1. The van der Waals surface area contributed by atoms with Crippen molar-refractivity contribution in [1.29, 1.82) is 0 Å². The van der Waals surface area contributed by atoms with Gasteiger partial charge < -0.3 is 9.80 Å². The molecular weight excluding hydrogens is 440 g/mol. The van der Waals surface area contributed by atoms with E-state index >= 15 is 0 Å². The lowest BCUT2D eigenvalue weighted by molar-refractivity contribution is -0.394. The van der Waals surface area contributed by atoms with E-state index in [2.05, 4.69) is 0 Å². The highest BCUT2D eigenvalue weighted by Gasteiger charge is 2.37. The highest BCUT2D eigenvalue weighted by molar-refractivity contribution is 6.08. The van der Waals surface area contributed by atoms with Gasteiger partial charge in [-0.05, 0) is 37.1 Å². The van der Waals surface area contributed by atoms with Crippen LogP contribution in [-0.4, -0.2) is 28.2 Å². The number of fused-ring (bicyclic) bond motifs is 1. The fourth-order valence-electron chi connectivity index (χ4n) is 4.34. The SMILES string of the molecule is C[C@@H]1C[C@@H](N(C=O)c2ccccc2)c2ccccc2N1C(=O)c1cc([N+](=O)[O-])cc([N+](=O)[O-])c1. The lowest BCUT2D eigenvalue weighted by Crippen LogP contribution is -2.46. The zero-order valence-corrected chi connectivity index (χ0v) is 18.1. The van der Waals surface area contributed by atoms with Gasteiger partial charge in [-0.2, -0.15) is 0 Å². The Labute approximate surface area is 194 Å². The minimum absolute atomic E-state index is 0.156. The standard InChI is InChI=1S/C24H20N4O6/c1-16-11-23(25(15-29)18-7-3-2-4-8-18)21-9-5-6-10-22(21)26(16)24(30)17-12-19(27(31)32)14-20(13-17)28(33)34/h2-10,12-16,23H,11H2,1H3/t16-,23-/m1/s1. The normalized spacial score (nSPS) is 16.9. The molecule has 0 fully saturated rings. The number of nitro benzene ring substituents is 2. The van der Waals surface area contributed by atoms with Crippen LogP contribution in [-0.2, 0) is 4.79 Å². The van der Waals surface area contributed by atoms with E-state index in [9.17, 15) is 29.8 Å². The average molecular weight is 460 g/mol. The third kappa shape index (κ3) is 4.08. The zero-order chi connectivity index (χ0) is 24.4. The quantitative estimate of drug-likeness (QED) is 0.299. The maximum absolute atomic E-state index is 13.5. The molecule has 0 N–H and O–H groups in total. The first kappa shape index (κ1) is 22.6. The number of anilines is 2. The maximum Gasteiger partial charge on any atom is 0.277 e. The number of non-ortho nitro benzene ring substituents is 2. The van der Waals surface area contributed by atoms with Gasteiger partial charge in [0.25, 0.3) is 17.3 Å². The molecule has 0 saturated carbocycles. The van der Waals surface area contributed by atoms with Crippen LogP contribution < -0.4 is 9.80 Å². The number of carbonyl (C=O) groups excluding carboxylic acids is 2. The molecule has 0 saturated heterocycles. The number of nitrogens with zero attached hydrogens (tertiary/aromatic N) is 4. The first-order valence-electron chi connectivity index (χ1n) is 10.5. The number of carbonyl (C=O) groups is 2. The van der Waals surface area contributed by atoms with Crippen molar-refractivity contribution in [2.24, 2.45) is 0 Å². The molecule has 0 aliphatic carbocycles. The molecule has 0 bridgehead atoms. The Morgan fingerprint density at radius 2 is 1.56 bits per heavy atom. The molecule has 172 valence electrons. The van der Waals surface area contributed by atoms with Crippen LogP contribution in [0.15, 0.2) is 72.8 Å². The van der Waals surface area contributed by atoms with Crippen molar-refractivity contribution in [3.8, 4) is 0 Å². The topological polar surface area (TPSA) is 127 Å². The molecule has 0 aromatic heterocycles. The summed E-state index contributed by atoms with van der Waals surface area (Å²) in [6, 6.07) is 18.4. The highest BCUT2D eigenvalue weighted by atomic mass is 16.6. The van der Waals surface area contributed by atoms with E-state index in [1.165, 1.54) is 4.90 Å². The van der Waals surface area contributed by atoms with E-state index in [1.807, 2.05) is 36.4 Å². The summed E-state index contributed by atoms with van der Waals surface area (Å²) in [4.78, 5) is 49.7. The molecule has 3 aromatic rings. The van der Waals surface area contributed by atoms with Crippen molar-refractivity contribution < 1.29 is 19.4 Å². The predicted molar refractivity (Wildman–Crippen MR) is 125 cm³/mol. The molecule has 1 heterocycles. The van der Waals surface area contributed by atoms with Crippen LogP contribution in [0.25, 0.3) is 0 Å². The molecule has 3 aromatic carbocycles. The maximum atomic E-state index is 13.5. The van der Waals surface area contributed by atoms with Gasteiger partial charge in [-0.3, -0.25) is 29.8 Å². The first-order chi connectivity index (χ1) is 16.3. The summed E-state index contributed by atoms with van der Waals surface area (Å²) in [6.45, 7) is 1.81. The van der Waals surface area contributed by atoms with Crippen LogP contribution in [0.3, 0.4) is 0 Å². The van der Waals surface area contributed by atoms with E-state index in [1.54, 1.807) is 30.0 Å². The van der Waals surface area contributed by atoms with Gasteiger partial charge in [0.05, 0.1) is 27.5 Å². The molecule has 4 rings (SSSR count). The highest BCUT2D eigenvalue weighted by Crippen LogP contribution is 2.42. The van der Waals surface area contributed by atoms with Crippen LogP contribution in [0.4, 0.5) is 22.7 Å². The summed E-state index contributed by atoms with van der Waals surface area (Å²) in [6.07, 6.45) is 1.15. The van der Waals surface area contributed by atoms with Crippen LogP contribution in [0.2, 0.25) is 0 Å². The predicted octanol–water partition coefficient (Wildman–Crippen LogP) is 4.65. The number of hydrogen-bond acceptors (Lipinski definition) is 6. The molecule has 0 unspecified atom stereocenters. The summed E-state index contributed by atoms with van der Waals surface area (Å²) in [5.74, 6) is -0.595. The number of nitro groups is 2. The molecule has 10 nitrogen and oxygen atoms in total. The van der Waals surface area contributed by atoms with Gasteiger partial charge in [-0.1, -0.05) is 36.4 Å². The number of benzene rings is 3. The minimum Gasteiger partial charge on any atom is -0.307 e. The Bertz CT molecular complexity index is 1250. The van der Waals surface area contributed by atoms with Crippen molar-refractivity contribution in [1.82, 2.24) is 0 Å². The second-order valence-electron chi connectivity index (χ2n) is 7.94. The van der Waals surface area contributed by atoms with E-state index < -0.39 is 33.2 Å². The van der Waals surface area contributed by atoms with E-state index in [0.717, 1.165) is 30.2 Å². The number of amides is 2. The summed E-state index contributed by atoms with van der Waals surface area (Å²) in [5, 5.41) is 22.6. The molecule has 34 heavy (non-hydrogen) atoms. The second-order valence-corrected chi connectivity index (χ2v) is 7.94. The van der Waals surface area contributed by atoms with Crippen molar-refractivity contribution in [3.05, 3.63) is 104 Å². The molecule has 1 aliphatic rings. The average Bonchev–Trinajstić information content (AvgIpc) is 2.84. The molecule has 1 aliphatic heterocycles. The molecular formula is C24H20N4O6. The minimum atomic E-state index is -0.769. The fraction of sp³-hybridized carbons (Fsp3) is 0.167. The van der Waals surface area contributed by atoms with E-state index in [4.69, 9.17) is 0 Å². The molecule has 2 amide bonds. The van der Waals surface area contributed by atoms with Crippen LogP contribution in [0.5, 0.6) is 0 Å². The third-order valence-corrected chi connectivity index (χ3v) is 5.85. The Morgan fingerprint density at radius 1 is 0.971 bits per heavy atom. The van der Waals surface area contributed by atoms with Crippen molar-refractivity contribution in [2.45, 2.75) is 25.4 Å². The first-order valence-corrected chi connectivity index (χ1v) is 10.5. The van der Waals surface area contributed by atoms with Crippen molar-refractivity contribution in [3.63, 3.8) is 0 Å². The van der Waals surface area contributed by atoms with Gasteiger partial charge in [0.1, 0.15) is 0 Å². The summed E-state index contributed by atoms with van der Waals surface area (Å²) >= 11 is 0. The van der Waals surface area contributed by atoms with Crippen LogP contribution in [0.1, 0.15) is 35.3 Å². The monoisotopic (exact) mass is 460 g/mol. The Morgan fingerprint density at radius 3 is 2.15 bits per heavy atom. The fourth-order valence-corrected chi connectivity index (χ4v) is 4.34. The smallest absolute Gasteiger partial charge is 0.277 e. The molecule has 2 atom stereocenters. The lowest BCUT2D eigenvalue weighted by Gasteiger charge is -2.42. The molecule has 0 radical (unpaired) electrons. The van der Waals surface area contributed by atoms with Gasteiger partial charge in [0, 0.05) is 29.5 Å². The van der Waals surface area contributed by atoms with Crippen LogP contribution >= 0.6 is 0 Å². The third-order valence-electron chi connectivity index (χ3n) is 5.85. The van der Waals surface area contributed by atoms with Gasteiger partial charge >= 0.3 is 0 Å². The van der Waals surface area contributed by atoms with Gasteiger partial charge in [0.2, 0.25) is 6.41 Å². The van der Waals surface area contributed by atoms with Gasteiger partial charge in [-0.25, -0.2) is 0 Å². The van der Waals surface area contributed by atoms with E-state index in [-0.39, 0.29) is 11.6 Å². The van der Waals surface area contributed by atoms with Crippen molar-refractivity contribution >= 4 is 35.1 Å². The Balaban J connectivity index is 1.79.